The van der Waals surface area contributed by atoms with Gasteiger partial charge in [0.15, 0.2) is 0 Å². The first kappa shape index (κ1) is 11.3. The monoisotopic (exact) mass is 211 g/mol. The van der Waals surface area contributed by atoms with E-state index >= 15 is 0 Å². The molecule has 1 aliphatic rings. The minimum absolute atomic E-state index is 0.0360. The number of alkyl halides is 3. The Bertz CT molecular complexity index is 217. The summed E-state index contributed by atoms with van der Waals surface area (Å²) in [5.41, 5.74) is 0. The Hall–Kier alpha value is -0.780. The number of hydrogen-bond acceptors (Lipinski definition) is 2. The number of amides is 1. The normalized spacial score (nSPS) is 23.3. The average Bonchev–Trinajstić information content (AvgIpc) is 2.42. The van der Waals surface area contributed by atoms with E-state index in [9.17, 15) is 18.0 Å². The molecule has 14 heavy (non-hydrogen) atoms. The highest BCUT2D eigenvalue weighted by Gasteiger charge is 2.33. The second kappa shape index (κ2) is 4.16. The molecule has 0 saturated carbocycles. The van der Waals surface area contributed by atoms with Crippen LogP contribution in [0.5, 0.6) is 0 Å². The van der Waals surface area contributed by atoms with Crippen LogP contribution in [0.25, 0.3) is 0 Å². The summed E-state index contributed by atoms with van der Waals surface area (Å²) in [4.78, 5) is 12.2. The third-order valence-corrected chi connectivity index (χ3v) is 2.30. The van der Waals surface area contributed by atoms with Crippen LogP contribution in [0.2, 0.25) is 0 Å². The second-order valence-electron chi connectivity index (χ2n) is 3.48. The zero-order chi connectivity index (χ0) is 10.8. The average molecular weight is 211 g/mol. The van der Waals surface area contributed by atoms with E-state index in [1.807, 2.05) is 0 Å². The van der Waals surface area contributed by atoms with Gasteiger partial charge in [-0.25, -0.2) is 0 Å². The Balaban J connectivity index is 2.32. The number of likely N-dealkylation sites (tertiary alicyclic amines) is 1. The van der Waals surface area contributed by atoms with E-state index in [1.54, 1.807) is 0 Å². The maximum absolute atomic E-state index is 11.8. The summed E-state index contributed by atoms with van der Waals surface area (Å²) in [6.07, 6.45) is -4.93. The van der Waals surface area contributed by atoms with E-state index < -0.39 is 19.3 Å². The lowest BCUT2D eigenvalue weighted by atomic mass is 10.0. The van der Waals surface area contributed by atoms with Gasteiger partial charge < -0.3 is 10.0 Å². The molecular formula is C8H12F3NO2. The fourth-order valence-corrected chi connectivity index (χ4v) is 1.55. The highest BCUT2D eigenvalue weighted by molar-refractivity contribution is 5.78. The molecule has 6 heteroatoms. The van der Waals surface area contributed by atoms with Crippen LogP contribution < -0.4 is 0 Å². The summed E-state index contributed by atoms with van der Waals surface area (Å²) in [6.45, 7) is -0.160. The van der Waals surface area contributed by atoms with Crippen LogP contribution in [0.3, 0.4) is 0 Å². The van der Waals surface area contributed by atoms with E-state index in [4.69, 9.17) is 5.11 Å². The van der Waals surface area contributed by atoms with E-state index in [1.165, 1.54) is 4.90 Å². The van der Waals surface area contributed by atoms with Gasteiger partial charge in [0, 0.05) is 19.4 Å². The standard InChI is InChI=1S/C8H12F3NO2/c9-8(10,11)2-1-6-3-7(14)12(4-6)5-13/h6,13H,1-5H2/t6-/m0/s1. The van der Waals surface area contributed by atoms with Crippen LogP contribution in [0, 0.1) is 5.92 Å². The lowest BCUT2D eigenvalue weighted by molar-refractivity contribution is -0.137. The molecule has 1 fully saturated rings. The van der Waals surface area contributed by atoms with Gasteiger partial charge in [-0.2, -0.15) is 13.2 Å². The number of rotatable bonds is 3. The molecule has 0 aromatic carbocycles. The predicted molar refractivity (Wildman–Crippen MR) is 42.2 cm³/mol. The highest BCUT2D eigenvalue weighted by atomic mass is 19.4. The molecule has 1 atom stereocenters. The lowest BCUT2D eigenvalue weighted by Gasteiger charge is -2.13. The van der Waals surface area contributed by atoms with Gasteiger partial charge in [0.25, 0.3) is 0 Å². The van der Waals surface area contributed by atoms with Crippen molar-refractivity contribution in [3.63, 3.8) is 0 Å². The van der Waals surface area contributed by atoms with Gasteiger partial charge in [0.2, 0.25) is 5.91 Å². The molecular weight excluding hydrogens is 199 g/mol. The van der Waals surface area contributed by atoms with Crippen molar-refractivity contribution in [3.05, 3.63) is 0 Å². The Kier molecular flexibility index (Phi) is 3.36. The summed E-state index contributed by atoms with van der Waals surface area (Å²) in [5.74, 6) is -0.532. The fraction of sp³-hybridized carbons (Fsp3) is 0.875. The molecule has 1 saturated heterocycles. The minimum atomic E-state index is -4.16. The molecule has 1 N–H and O–H groups in total. The SMILES string of the molecule is O=C1C[C@H](CCC(F)(F)F)CN1CO. The molecule has 1 rings (SSSR count). The van der Waals surface area contributed by atoms with Crippen molar-refractivity contribution in [1.82, 2.24) is 4.90 Å². The van der Waals surface area contributed by atoms with E-state index in [-0.39, 0.29) is 31.2 Å². The minimum Gasteiger partial charge on any atom is -0.376 e. The number of aliphatic hydroxyl groups excluding tert-OH is 1. The number of aliphatic hydroxyl groups is 1. The zero-order valence-electron chi connectivity index (χ0n) is 7.55. The molecule has 1 amide bonds. The van der Waals surface area contributed by atoms with Crippen molar-refractivity contribution in [2.45, 2.75) is 25.4 Å². The van der Waals surface area contributed by atoms with E-state index in [2.05, 4.69) is 0 Å². The van der Waals surface area contributed by atoms with Crippen LogP contribution in [0.1, 0.15) is 19.3 Å². The number of nitrogens with zero attached hydrogens (tertiary/aromatic N) is 1. The van der Waals surface area contributed by atoms with Gasteiger partial charge in [-0.3, -0.25) is 4.79 Å². The van der Waals surface area contributed by atoms with Crippen LogP contribution in [0.4, 0.5) is 13.2 Å². The number of hydrogen-bond donors (Lipinski definition) is 1. The van der Waals surface area contributed by atoms with Gasteiger partial charge >= 0.3 is 6.18 Å². The maximum atomic E-state index is 11.8. The first-order chi connectivity index (χ1) is 6.42. The molecule has 0 spiro atoms. The smallest absolute Gasteiger partial charge is 0.376 e. The molecule has 0 aromatic heterocycles. The summed E-state index contributed by atoms with van der Waals surface area (Å²) in [5, 5.41) is 8.67. The zero-order valence-corrected chi connectivity index (χ0v) is 7.55. The molecule has 0 bridgehead atoms. The van der Waals surface area contributed by atoms with Crippen molar-refractivity contribution in [2.75, 3.05) is 13.3 Å². The molecule has 1 heterocycles. The summed E-state index contributed by atoms with van der Waals surface area (Å²) >= 11 is 0. The molecule has 1 aliphatic heterocycles. The van der Waals surface area contributed by atoms with Gasteiger partial charge in [-0.1, -0.05) is 0 Å². The van der Waals surface area contributed by atoms with E-state index in [0.29, 0.717) is 0 Å². The predicted octanol–water partition coefficient (Wildman–Crippen LogP) is 1.13. The molecule has 82 valence electrons. The lowest BCUT2D eigenvalue weighted by Crippen LogP contribution is -2.26. The summed E-state index contributed by atoms with van der Waals surface area (Å²) < 4.78 is 35.5. The van der Waals surface area contributed by atoms with Crippen LogP contribution in [-0.2, 0) is 4.79 Å². The molecule has 0 unspecified atom stereocenters. The third kappa shape index (κ3) is 3.17. The van der Waals surface area contributed by atoms with Gasteiger partial charge in [0.1, 0.15) is 6.73 Å². The van der Waals surface area contributed by atoms with Crippen molar-refractivity contribution in [3.8, 4) is 0 Å². The second-order valence-corrected chi connectivity index (χ2v) is 3.48. The highest BCUT2D eigenvalue weighted by Crippen LogP contribution is 2.28. The van der Waals surface area contributed by atoms with Gasteiger partial charge in [-0.15, -0.1) is 0 Å². The molecule has 0 radical (unpaired) electrons. The summed E-state index contributed by atoms with van der Waals surface area (Å²) in [7, 11) is 0. The van der Waals surface area contributed by atoms with Gasteiger partial charge in [0.05, 0.1) is 0 Å². The number of halogens is 3. The quantitative estimate of drug-likeness (QED) is 0.760. The Morgan fingerprint density at radius 2 is 2.14 bits per heavy atom. The van der Waals surface area contributed by atoms with Gasteiger partial charge in [-0.05, 0) is 12.3 Å². The maximum Gasteiger partial charge on any atom is 0.389 e. The molecule has 3 nitrogen and oxygen atoms in total. The third-order valence-electron chi connectivity index (χ3n) is 2.30. The Morgan fingerprint density at radius 1 is 1.50 bits per heavy atom. The molecule has 0 aromatic rings. The fourth-order valence-electron chi connectivity index (χ4n) is 1.55. The van der Waals surface area contributed by atoms with Crippen molar-refractivity contribution in [1.29, 1.82) is 0 Å². The first-order valence-electron chi connectivity index (χ1n) is 4.38. The Morgan fingerprint density at radius 3 is 2.57 bits per heavy atom. The van der Waals surface area contributed by atoms with Crippen molar-refractivity contribution >= 4 is 5.91 Å². The largest absolute Gasteiger partial charge is 0.389 e. The Labute approximate surface area is 79.5 Å². The van der Waals surface area contributed by atoms with Crippen molar-refractivity contribution < 1.29 is 23.1 Å². The van der Waals surface area contributed by atoms with Crippen molar-refractivity contribution in [2.24, 2.45) is 5.92 Å². The summed E-state index contributed by atoms with van der Waals surface area (Å²) in [6, 6.07) is 0. The first-order valence-corrected chi connectivity index (χ1v) is 4.38. The topological polar surface area (TPSA) is 40.5 Å². The van der Waals surface area contributed by atoms with E-state index in [0.717, 1.165) is 0 Å². The molecule has 0 aliphatic carbocycles. The van der Waals surface area contributed by atoms with Crippen LogP contribution in [-0.4, -0.2) is 35.4 Å². The van der Waals surface area contributed by atoms with Crippen LogP contribution >= 0.6 is 0 Å². The van der Waals surface area contributed by atoms with Crippen LogP contribution in [0.15, 0.2) is 0 Å². The number of carbonyl (C=O) groups excluding carboxylic acids is 1. The number of carbonyl (C=O) groups is 1.